The molecule has 0 aliphatic heterocycles. The molecule has 23 heavy (non-hydrogen) atoms. The van der Waals surface area contributed by atoms with Crippen molar-refractivity contribution in [2.24, 2.45) is 0 Å². The third-order valence-corrected chi connectivity index (χ3v) is 3.64. The van der Waals surface area contributed by atoms with Crippen molar-refractivity contribution < 1.29 is 9.90 Å². The lowest BCUT2D eigenvalue weighted by molar-refractivity contribution is 0.0697. The Morgan fingerprint density at radius 3 is 2.87 bits per heavy atom. The highest BCUT2D eigenvalue weighted by Crippen LogP contribution is 2.21. The quantitative estimate of drug-likeness (QED) is 0.536. The number of carboxylic acid groups (broad SMARTS) is 1. The summed E-state index contributed by atoms with van der Waals surface area (Å²) >= 11 is 5.95. The van der Waals surface area contributed by atoms with E-state index in [0.29, 0.717) is 22.3 Å². The van der Waals surface area contributed by atoms with Crippen molar-refractivity contribution in [1.82, 2.24) is 19.6 Å². The molecule has 0 unspecified atom stereocenters. The van der Waals surface area contributed by atoms with Crippen LogP contribution < -0.4 is 5.32 Å². The Kier molecular flexibility index (Phi) is 2.95. The van der Waals surface area contributed by atoms with Crippen LogP contribution in [0.4, 0.5) is 11.6 Å². The highest BCUT2D eigenvalue weighted by Gasteiger charge is 2.12. The highest BCUT2D eigenvalue weighted by atomic mass is 35.5. The fourth-order valence-corrected chi connectivity index (χ4v) is 2.57. The molecule has 0 radical (unpaired) electrons. The third kappa shape index (κ3) is 2.36. The SMILES string of the molecule is O=C(O)c1ccc2c(c1)nc1nc(Nc3cccc(Cl)c3)[nH]n12. The van der Waals surface area contributed by atoms with Crippen molar-refractivity contribution in [3.05, 3.63) is 53.1 Å². The highest BCUT2D eigenvalue weighted by molar-refractivity contribution is 6.30. The Balaban J connectivity index is 1.75. The second kappa shape index (κ2) is 4.99. The van der Waals surface area contributed by atoms with Crippen LogP contribution in [0.2, 0.25) is 5.02 Å². The molecule has 0 aliphatic carbocycles. The number of anilines is 2. The summed E-state index contributed by atoms with van der Waals surface area (Å²) in [4.78, 5) is 19.7. The number of aromatic nitrogens is 4. The van der Waals surface area contributed by atoms with Gasteiger partial charge in [0.2, 0.25) is 5.95 Å². The molecule has 0 bridgehead atoms. The molecule has 0 atom stereocenters. The summed E-state index contributed by atoms with van der Waals surface area (Å²) in [6.07, 6.45) is 0. The van der Waals surface area contributed by atoms with Gasteiger partial charge in [-0.25, -0.2) is 14.3 Å². The number of benzene rings is 2. The zero-order chi connectivity index (χ0) is 16.0. The molecule has 4 rings (SSSR count). The summed E-state index contributed by atoms with van der Waals surface area (Å²) in [5, 5.41) is 15.8. The first-order valence-corrected chi connectivity index (χ1v) is 7.12. The maximum Gasteiger partial charge on any atom is 0.335 e. The molecule has 0 spiro atoms. The number of rotatable bonds is 3. The first kappa shape index (κ1) is 13.6. The number of hydrogen-bond donors (Lipinski definition) is 3. The number of aromatic carboxylic acids is 1. The van der Waals surface area contributed by atoms with Crippen LogP contribution >= 0.6 is 11.6 Å². The Hall–Kier alpha value is -3.06. The van der Waals surface area contributed by atoms with E-state index >= 15 is 0 Å². The van der Waals surface area contributed by atoms with Gasteiger partial charge < -0.3 is 10.4 Å². The average molecular weight is 328 g/mol. The van der Waals surface area contributed by atoms with Gasteiger partial charge in [-0.15, -0.1) is 0 Å². The van der Waals surface area contributed by atoms with Crippen molar-refractivity contribution in [2.45, 2.75) is 0 Å². The molecule has 0 saturated carbocycles. The number of nitrogens with one attached hydrogen (secondary N) is 2. The largest absolute Gasteiger partial charge is 0.478 e. The van der Waals surface area contributed by atoms with Crippen LogP contribution in [0, 0.1) is 0 Å². The third-order valence-electron chi connectivity index (χ3n) is 3.40. The zero-order valence-corrected chi connectivity index (χ0v) is 12.4. The molecule has 2 aromatic carbocycles. The predicted molar refractivity (Wildman–Crippen MR) is 86.5 cm³/mol. The number of H-pyrrole nitrogens is 1. The lowest BCUT2D eigenvalue weighted by Gasteiger charge is -2.02. The van der Waals surface area contributed by atoms with Crippen molar-refractivity contribution in [3.63, 3.8) is 0 Å². The van der Waals surface area contributed by atoms with Crippen LogP contribution in [0.3, 0.4) is 0 Å². The van der Waals surface area contributed by atoms with Crippen LogP contribution in [0.15, 0.2) is 42.5 Å². The Bertz CT molecular complexity index is 1050. The van der Waals surface area contributed by atoms with Gasteiger partial charge in [-0.2, -0.15) is 4.98 Å². The molecule has 114 valence electrons. The minimum atomic E-state index is -0.986. The predicted octanol–water partition coefficient (Wildman–Crippen LogP) is 3.31. The molecule has 0 fully saturated rings. The maximum absolute atomic E-state index is 11.0. The van der Waals surface area contributed by atoms with E-state index < -0.39 is 5.97 Å². The first-order valence-electron chi connectivity index (χ1n) is 6.74. The Morgan fingerprint density at radius 1 is 1.22 bits per heavy atom. The zero-order valence-electron chi connectivity index (χ0n) is 11.6. The number of halogens is 1. The molecule has 0 amide bonds. The minimum Gasteiger partial charge on any atom is -0.478 e. The van der Waals surface area contributed by atoms with Gasteiger partial charge in [-0.3, -0.25) is 5.10 Å². The van der Waals surface area contributed by atoms with Crippen molar-refractivity contribution in [1.29, 1.82) is 0 Å². The smallest absolute Gasteiger partial charge is 0.335 e. The van der Waals surface area contributed by atoms with Crippen LogP contribution in [0.1, 0.15) is 10.4 Å². The summed E-state index contributed by atoms with van der Waals surface area (Å²) in [6.45, 7) is 0. The van der Waals surface area contributed by atoms with E-state index in [-0.39, 0.29) is 5.56 Å². The van der Waals surface area contributed by atoms with Gasteiger partial charge in [0.15, 0.2) is 0 Å². The Labute approximate surface area is 134 Å². The molecule has 2 heterocycles. The molecular formula is C15H10ClN5O2. The number of aromatic amines is 1. The monoisotopic (exact) mass is 327 g/mol. The molecule has 3 N–H and O–H groups in total. The second-order valence-electron chi connectivity index (χ2n) is 4.96. The van der Waals surface area contributed by atoms with Gasteiger partial charge in [0.1, 0.15) is 0 Å². The van der Waals surface area contributed by atoms with E-state index in [2.05, 4.69) is 20.4 Å². The van der Waals surface area contributed by atoms with E-state index in [1.807, 2.05) is 12.1 Å². The van der Waals surface area contributed by atoms with Gasteiger partial charge >= 0.3 is 5.97 Å². The molecule has 8 heteroatoms. The topological polar surface area (TPSA) is 95.3 Å². The molecule has 7 nitrogen and oxygen atoms in total. The molecular weight excluding hydrogens is 318 g/mol. The summed E-state index contributed by atoms with van der Waals surface area (Å²) in [5.74, 6) is -0.0223. The van der Waals surface area contributed by atoms with Crippen LogP contribution in [0.5, 0.6) is 0 Å². The van der Waals surface area contributed by atoms with Gasteiger partial charge in [0, 0.05) is 10.7 Å². The van der Waals surface area contributed by atoms with Crippen molar-refractivity contribution in [3.8, 4) is 0 Å². The number of imidazole rings is 1. The average Bonchev–Trinajstić information content (AvgIpc) is 3.03. The normalized spacial score (nSPS) is 11.2. The lowest BCUT2D eigenvalue weighted by Crippen LogP contribution is -1.96. The van der Waals surface area contributed by atoms with E-state index in [9.17, 15) is 4.79 Å². The summed E-state index contributed by atoms with van der Waals surface area (Å²) in [6, 6.07) is 12.0. The van der Waals surface area contributed by atoms with Gasteiger partial charge in [0.05, 0.1) is 16.6 Å². The van der Waals surface area contributed by atoms with E-state index in [1.165, 1.54) is 12.1 Å². The van der Waals surface area contributed by atoms with Crippen LogP contribution in [0.25, 0.3) is 16.8 Å². The van der Waals surface area contributed by atoms with Gasteiger partial charge in [0.25, 0.3) is 5.78 Å². The van der Waals surface area contributed by atoms with Crippen molar-refractivity contribution >= 4 is 46.0 Å². The summed E-state index contributed by atoms with van der Waals surface area (Å²) < 4.78 is 1.69. The fourth-order valence-electron chi connectivity index (χ4n) is 2.38. The molecule has 0 aliphatic rings. The van der Waals surface area contributed by atoms with Crippen LogP contribution in [-0.4, -0.2) is 30.7 Å². The second-order valence-corrected chi connectivity index (χ2v) is 5.40. The number of hydrogen-bond acceptors (Lipinski definition) is 4. The molecule has 0 saturated heterocycles. The lowest BCUT2D eigenvalue weighted by atomic mass is 10.2. The van der Waals surface area contributed by atoms with Gasteiger partial charge in [-0.05, 0) is 36.4 Å². The number of carbonyl (C=O) groups is 1. The number of carboxylic acids is 1. The maximum atomic E-state index is 11.0. The minimum absolute atomic E-state index is 0.190. The van der Waals surface area contributed by atoms with Gasteiger partial charge in [-0.1, -0.05) is 17.7 Å². The van der Waals surface area contributed by atoms with Crippen LogP contribution in [-0.2, 0) is 0 Å². The van der Waals surface area contributed by atoms with Crippen molar-refractivity contribution in [2.75, 3.05) is 5.32 Å². The van der Waals surface area contributed by atoms with E-state index in [1.54, 1.807) is 22.7 Å². The fraction of sp³-hybridized carbons (Fsp3) is 0. The summed E-state index contributed by atoms with van der Waals surface area (Å²) in [7, 11) is 0. The standard InChI is InChI=1S/C15H10ClN5O2/c16-9-2-1-3-10(7-9)17-14-19-15-18-11-6-8(13(22)23)4-5-12(11)21(15)20-14/h1-7H,(H,22,23)(H2,17,18,19,20). The summed E-state index contributed by atoms with van der Waals surface area (Å²) in [5.41, 5.74) is 2.30. The van der Waals surface area contributed by atoms with E-state index in [0.717, 1.165) is 11.2 Å². The molecule has 2 aromatic heterocycles. The molecule has 4 aromatic rings. The number of nitrogens with zero attached hydrogens (tertiary/aromatic N) is 3. The Morgan fingerprint density at radius 2 is 2.09 bits per heavy atom. The number of fused-ring (bicyclic) bond motifs is 3. The van der Waals surface area contributed by atoms with E-state index in [4.69, 9.17) is 16.7 Å². The first-order chi connectivity index (χ1) is 11.1.